The molecule has 0 spiro atoms. The highest BCUT2D eigenvalue weighted by atomic mass is 32.2. The van der Waals surface area contributed by atoms with Crippen LogP contribution >= 0.6 is 24.0 Å². The summed E-state index contributed by atoms with van der Waals surface area (Å²) in [5.41, 5.74) is 0.589. The minimum Gasteiger partial charge on any atom is -0.466 e. The van der Waals surface area contributed by atoms with Crippen LogP contribution in [0.4, 0.5) is 4.39 Å². The number of hydrogen-bond donors (Lipinski definition) is 0. The van der Waals surface area contributed by atoms with Crippen LogP contribution in [0.3, 0.4) is 0 Å². The van der Waals surface area contributed by atoms with Gasteiger partial charge >= 0.3 is 5.97 Å². The molecule has 0 bridgehead atoms. The van der Waals surface area contributed by atoms with Crippen molar-refractivity contribution in [1.82, 2.24) is 4.90 Å². The number of hydrogen-bond acceptors (Lipinski definition) is 5. The molecule has 1 heterocycles. The summed E-state index contributed by atoms with van der Waals surface area (Å²) >= 11 is 6.30. The molecule has 0 aromatic heterocycles. The van der Waals surface area contributed by atoms with Gasteiger partial charge in [0.2, 0.25) is 0 Å². The van der Waals surface area contributed by atoms with E-state index >= 15 is 0 Å². The Kier molecular flexibility index (Phi) is 5.68. The topological polar surface area (TPSA) is 46.6 Å². The molecule has 1 aliphatic heterocycles. The Labute approximate surface area is 137 Å². The van der Waals surface area contributed by atoms with Crippen molar-refractivity contribution in [2.75, 3.05) is 13.2 Å². The molecule has 0 saturated carbocycles. The zero-order valence-corrected chi connectivity index (χ0v) is 13.5. The van der Waals surface area contributed by atoms with Gasteiger partial charge in [0.05, 0.1) is 17.9 Å². The maximum Gasteiger partial charge on any atom is 0.307 e. The van der Waals surface area contributed by atoms with Crippen molar-refractivity contribution in [2.45, 2.75) is 13.3 Å². The molecule has 1 aliphatic rings. The van der Waals surface area contributed by atoms with Gasteiger partial charge in [-0.3, -0.25) is 14.5 Å². The van der Waals surface area contributed by atoms with Crippen LogP contribution in [0.15, 0.2) is 29.2 Å². The molecule has 1 aromatic carbocycles. The molecule has 1 amide bonds. The summed E-state index contributed by atoms with van der Waals surface area (Å²) in [6, 6.07) is 5.95. The van der Waals surface area contributed by atoms with Gasteiger partial charge in [0, 0.05) is 6.54 Å². The van der Waals surface area contributed by atoms with Gasteiger partial charge in [-0.05, 0) is 30.7 Å². The van der Waals surface area contributed by atoms with E-state index in [1.165, 1.54) is 17.0 Å². The number of thiocarbonyl (C=S) groups is 1. The largest absolute Gasteiger partial charge is 0.466 e. The summed E-state index contributed by atoms with van der Waals surface area (Å²) in [5, 5.41) is 0. The van der Waals surface area contributed by atoms with Gasteiger partial charge in [-0.15, -0.1) is 0 Å². The number of ether oxygens (including phenoxy) is 1. The van der Waals surface area contributed by atoms with E-state index in [0.29, 0.717) is 21.4 Å². The minimum absolute atomic E-state index is 0.0908. The van der Waals surface area contributed by atoms with Crippen molar-refractivity contribution in [3.05, 3.63) is 40.6 Å². The maximum absolute atomic E-state index is 13.2. The van der Waals surface area contributed by atoms with E-state index in [-0.39, 0.29) is 30.7 Å². The molecular formula is C15H14FNO3S2. The second-order valence-electron chi connectivity index (χ2n) is 4.44. The molecule has 2 rings (SSSR count). The van der Waals surface area contributed by atoms with E-state index in [1.807, 2.05) is 0 Å². The number of amides is 1. The summed E-state index contributed by atoms with van der Waals surface area (Å²) in [5.74, 6) is -1.01. The summed E-state index contributed by atoms with van der Waals surface area (Å²) in [4.78, 5) is 25.4. The first-order valence-corrected chi connectivity index (χ1v) is 7.90. The Morgan fingerprint density at radius 2 is 2.27 bits per heavy atom. The van der Waals surface area contributed by atoms with Gasteiger partial charge in [0.25, 0.3) is 5.91 Å². The molecular weight excluding hydrogens is 325 g/mol. The van der Waals surface area contributed by atoms with Gasteiger partial charge in [0.1, 0.15) is 10.1 Å². The van der Waals surface area contributed by atoms with Crippen molar-refractivity contribution >= 4 is 46.3 Å². The molecule has 1 aromatic rings. The Balaban J connectivity index is 2.06. The zero-order valence-electron chi connectivity index (χ0n) is 11.9. The van der Waals surface area contributed by atoms with Crippen molar-refractivity contribution in [2.24, 2.45) is 0 Å². The maximum atomic E-state index is 13.2. The highest BCUT2D eigenvalue weighted by Gasteiger charge is 2.32. The number of carbonyl (C=O) groups is 2. The summed E-state index contributed by atoms with van der Waals surface area (Å²) in [7, 11) is 0. The van der Waals surface area contributed by atoms with Crippen LogP contribution in [0.25, 0.3) is 6.08 Å². The second-order valence-corrected chi connectivity index (χ2v) is 6.12. The van der Waals surface area contributed by atoms with E-state index in [0.717, 1.165) is 11.8 Å². The minimum atomic E-state index is -0.370. The highest BCUT2D eigenvalue weighted by molar-refractivity contribution is 8.26. The standard InChI is InChI=1S/C15H14FNO3S2/c1-2-20-13(18)6-7-17-14(19)12(22-15(17)21)9-10-4-3-5-11(16)8-10/h3-5,8-9H,2,6-7H2,1H3/b12-9-. The molecule has 116 valence electrons. The first-order chi connectivity index (χ1) is 10.5. The Morgan fingerprint density at radius 3 is 2.95 bits per heavy atom. The number of nitrogens with zero attached hydrogens (tertiary/aromatic N) is 1. The Hall–Kier alpha value is -1.73. The van der Waals surface area contributed by atoms with E-state index in [2.05, 4.69) is 0 Å². The van der Waals surface area contributed by atoms with Gasteiger partial charge in [-0.2, -0.15) is 0 Å². The highest BCUT2D eigenvalue weighted by Crippen LogP contribution is 2.32. The average molecular weight is 339 g/mol. The summed E-state index contributed by atoms with van der Waals surface area (Å²) in [6.45, 7) is 2.21. The Bertz CT molecular complexity index is 645. The lowest BCUT2D eigenvalue weighted by atomic mass is 10.2. The van der Waals surface area contributed by atoms with Crippen LogP contribution in [0.2, 0.25) is 0 Å². The van der Waals surface area contributed by atoms with Crippen molar-refractivity contribution in [3.8, 4) is 0 Å². The van der Waals surface area contributed by atoms with Gasteiger partial charge in [0.15, 0.2) is 0 Å². The molecule has 4 nitrogen and oxygen atoms in total. The lowest BCUT2D eigenvalue weighted by Gasteiger charge is -2.13. The molecule has 0 radical (unpaired) electrons. The molecule has 0 aliphatic carbocycles. The Morgan fingerprint density at radius 1 is 1.50 bits per heavy atom. The molecule has 0 unspecified atom stereocenters. The number of halogens is 1. The predicted molar refractivity (Wildman–Crippen MR) is 87.5 cm³/mol. The van der Waals surface area contributed by atoms with Crippen molar-refractivity contribution < 1.29 is 18.7 Å². The lowest BCUT2D eigenvalue weighted by Crippen LogP contribution is -2.30. The third kappa shape index (κ3) is 4.14. The molecule has 7 heteroatoms. The van der Waals surface area contributed by atoms with Gasteiger partial charge in [-0.25, -0.2) is 4.39 Å². The van der Waals surface area contributed by atoms with Crippen molar-refractivity contribution in [1.29, 1.82) is 0 Å². The quantitative estimate of drug-likeness (QED) is 0.469. The van der Waals surface area contributed by atoms with Crippen LogP contribution < -0.4 is 0 Å². The van der Waals surface area contributed by atoms with Crippen LogP contribution in [0, 0.1) is 5.82 Å². The number of benzene rings is 1. The monoisotopic (exact) mass is 339 g/mol. The van der Waals surface area contributed by atoms with E-state index < -0.39 is 0 Å². The van der Waals surface area contributed by atoms with Crippen LogP contribution in [-0.2, 0) is 14.3 Å². The van der Waals surface area contributed by atoms with Gasteiger partial charge < -0.3 is 4.74 Å². The first-order valence-electron chi connectivity index (χ1n) is 6.68. The van der Waals surface area contributed by atoms with Crippen LogP contribution in [0.5, 0.6) is 0 Å². The smallest absolute Gasteiger partial charge is 0.307 e. The number of thioether (sulfide) groups is 1. The number of carbonyl (C=O) groups excluding carboxylic acids is 2. The molecule has 0 N–H and O–H groups in total. The van der Waals surface area contributed by atoms with Crippen LogP contribution in [0.1, 0.15) is 18.9 Å². The number of esters is 1. The summed E-state index contributed by atoms with van der Waals surface area (Å²) in [6.07, 6.45) is 1.68. The average Bonchev–Trinajstić information content (AvgIpc) is 2.72. The fraction of sp³-hybridized carbons (Fsp3) is 0.267. The zero-order chi connectivity index (χ0) is 16.1. The van der Waals surface area contributed by atoms with Crippen LogP contribution in [-0.4, -0.2) is 34.2 Å². The van der Waals surface area contributed by atoms with E-state index in [9.17, 15) is 14.0 Å². The molecule has 1 fully saturated rings. The molecule has 22 heavy (non-hydrogen) atoms. The fourth-order valence-electron chi connectivity index (χ4n) is 1.88. The SMILES string of the molecule is CCOC(=O)CCN1C(=O)/C(=C/c2cccc(F)c2)SC1=S. The second kappa shape index (κ2) is 7.51. The van der Waals surface area contributed by atoms with E-state index in [1.54, 1.807) is 25.1 Å². The fourth-order valence-corrected chi connectivity index (χ4v) is 3.19. The molecule has 1 saturated heterocycles. The third-order valence-electron chi connectivity index (χ3n) is 2.86. The van der Waals surface area contributed by atoms with Crippen molar-refractivity contribution in [3.63, 3.8) is 0 Å². The third-order valence-corrected chi connectivity index (χ3v) is 4.24. The predicted octanol–water partition coefficient (Wildman–Crippen LogP) is 2.98. The van der Waals surface area contributed by atoms with Gasteiger partial charge in [-0.1, -0.05) is 36.1 Å². The normalized spacial score (nSPS) is 16.5. The first kappa shape index (κ1) is 16.6. The van der Waals surface area contributed by atoms with E-state index in [4.69, 9.17) is 17.0 Å². The lowest BCUT2D eigenvalue weighted by molar-refractivity contribution is -0.143. The number of rotatable bonds is 5. The molecule has 0 atom stereocenters. The summed E-state index contributed by atoms with van der Waals surface area (Å²) < 4.78 is 18.4.